The third-order valence-corrected chi connectivity index (χ3v) is 2.77. The largest absolute Gasteiger partial charge is 0.481 e. The van der Waals surface area contributed by atoms with Crippen molar-refractivity contribution in [3.05, 3.63) is 12.2 Å². The van der Waals surface area contributed by atoms with E-state index in [1.54, 1.807) is 0 Å². The van der Waals surface area contributed by atoms with Crippen LogP contribution in [0.5, 0.6) is 0 Å². The van der Waals surface area contributed by atoms with Gasteiger partial charge in [-0.3, -0.25) is 4.79 Å². The van der Waals surface area contributed by atoms with Crippen LogP contribution in [0.3, 0.4) is 0 Å². The molecule has 1 fully saturated rings. The van der Waals surface area contributed by atoms with Crippen LogP contribution in [-0.4, -0.2) is 23.7 Å². The Kier molecular flexibility index (Phi) is 4.14. The van der Waals surface area contributed by atoms with Crippen LogP contribution in [0.15, 0.2) is 12.2 Å². The third-order valence-electron chi connectivity index (χ3n) is 2.77. The van der Waals surface area contributed by atoms with Crippen molar-refractivity contribution in [2.45, 2.75) is 38.6 Å². The van der Waals surface area contributed by atoms with E-state index in [4.69, 9.17) is 5.11 Å². The lowest BCUT2D eigenvalue weighted by molar-refractivity contribution is -0.142. The van der Waals surface area contributed by atoms with E-state index in [1.807, 2.05) is 6.92 Å². The van der Waals surface area contributed by atoms with Crippen molar-refractivity contribution in [1.29, 1.82) is 0 Å². The molecule has 0 unspecified atom stereocenters. The van der Waals surface area contributed by atoms with Gasteiger partial charge in [-0.15, -0.1) is 0 Å². The Hall–Kier alpha value is -0.830. The summed E-state index contributed by atoms with van der Waals surface area (Å²) in [5.74, 6) is -0.749. The van der Waals surface area contributed by atoms with Crippen LogP contribution < -0.4 is 5.32 Å². The zero-order chi connectivity index (χ0) is 10.6. The number of aliphatic carboxylic acids is 1. The standard InChI is InChI=1S/C11H19NO2/c1-8(2)7-12-10-5-3-9(4-6-10)11(13)14/h9-10,12H,1,3-7H2,2H3,(H,13,14). The number of carboxylic acids is 1. The van der Waals surface area contributed by atoms with Gasteiger partial charge in [-0.05, 0) is 32.6 Å². The fourth-order valence-electron chi connectivity index (χ4n) is 1.86. The molecule has 0 aliphatic heterocycles. The fraction of sp³-hybridized carbons (Fsp3) is 0.727. The van der Waals surface area contributed by atoms with E-state index in [0.29, 0.717) is 6.04 Å². The average molecular weight is 197 g/mol. The van der Waals surface area contributed by atoms with E-state index in [-0.39, 0.29) is 5.92 Å². The third kappa shape index (κ3) is 3.50. The van der Waals surface area contributed by atoms with Crippen molar-refractivity contribution in [1.82, 2.24) is 5.32 Å². The molecule has 2 N–H and O–H groups in total. The molecular formula is C11H19NO2. The van der Waals surface area contributed by atoms with Crippen LogP contribution in [0.4, 0.5) is 0 Å². The van der Waals surface area contributed by atoms with Gasteiger partial charge in [-0.2, -0.15) is 0 Å². The molecule has 0 aromatic carbocycles. The predicted molar refractivity (Wildman–Crippen MR) is 56.2 cm³/mol. The number of rotatable bonds is 4. The molecule has 1 aliphatic rings. The Morgan fingerprint density at radius 2 is 2.00 bits per heavy atom. The Bertz CT molecular complexity index is 217. The number of nitrogens with one attached hydrogen (secondary N) is 1. The summed E-state index contributed by atoms with van der Waals surface area (Å²) in [4.78, 5) is 10.7. The van der Waals surface area contributed by atoms with Gasteiger partial charge in [0.1, 0.15) is 0 Å². The van der Waals surface area contributed by atoms with Crippen molar-refractivity contribution < 1.29 is 9.90 Å². The molecule has 3 heteroatoms. The lowest BCUT2D eigenvalue weighted by Gasteiger charge is -2.26. The molecule has 0 bridgehead atoms. The maximum absolute atomic E-state index is 10.7. The molecule has 0 aromatic heterocycles. The average Bonchev–Trinajstić information content (AvgIpc) is 2.15. The monoisotopic (exact) mass is 197 g/mol. The second-order valence-electron chi connectivity index (χ2n) is 4.22. The minimum Gasteiger partial charge on any atom is -0.481 e. The van der Waals surface area contributed by atoms with E-state index in [0.717, 1.165) is 37.8 Å². The second kappa shape index (κ2) is 5.15. The smallest absolute Gasteiger partial charge is 0.306 e. The minimum absolute atomic E-state index is 0.113. The van der Waals surface area contributed by atoms with Gasteiger partial charge < -0.3 is 10.4 Å². The number of hydrogen-bond acceptors (Lipinski definition) is 2. The first-order valence-corrected chi connectivity index (χ1v) is 5.20. The minimum atomic E-state index is -0.636. The Morgan fingerprint density at radius 1 is 1.43 bits per heavy atom. The van der Waals surface area contributed by atoms with Crippen molar-refractivity contribution >= 4 is 5.97 Å². The Labute approximate surface area is 85.2 Å². The molecule has 0 saturated heterocycles. The molecule has 1 aliphatic carbocycles. The van der Waals surface area contributed by atoms with E-state index in [9.17, 15) is 4.79 Å². The molecule has 1 saturated carbocycles. The first-order chi connectivity index (χ1) is 6.59. The summed E-state index contributed by atoms with van der Waals surface area (Å²) in [5, 5.41) is 12.2. The zero-order valence-electron chi connectivity index (χ0n) is 8.75. The molecule has 0 amide bonds. The van der Waals surface area contributed by atoms with Crippen molar-refractivity contribution in [3.8, 4) is 0 Å². The fourth-order valence-corrected chi connectivity index (χ4v) is 1.86. The maximum atomic E-state index is 10.7. The molecule has 0 heterocycles. The molecule has 0 atom stereocenters. The van der Waals surface area contributed by atoms with Crippen LogP contribution in [0.2, 0.25) is 0 Å². The number of carboxylic acid groups (broad SMARTS) is 1. The quantitative estimate of drug-likeness (QED) is 0.676. The summed E-state index contributed by atoms with van der Waals surface area (Å²) < 4.78 is 0. The van der Waals surface area contributed by atoms with Crippen LogP contribution in [0, 0.1) is 5.92 Å². The molecule has 0 spiro atoms. The summed E-state index contributed by atoms with van der Waals surface area (Å²) >= 11 is 0. The summed E-state index contributed by atoms with van der Waals surface area (Å²) in [6.07, 6.45) is 3.57. The lowest BCUT2D eigenvalue weighted by atomic mass is 9.86. The maximum Gasteiger partial charge on any atom is 0.306 e. The highest BCUT2D eigenvalue weighted by Crippen LogP contribution is 2.24. The second-order valence-corrected chi connectivity index (χ2v) is 4.22. The first-order valence-electron chi connectivity index (χ1n) is 5.20. The van der Waals surface area contributed by atoms with Gasteiger partial charge in [-0.1, -0.05) is 12.2 Å². The molecule has 0 radical (unpaired) electrons. The molecule has 0 aromatic rings. The van der Waals surface area contributed by atoms with Gasteiger partial charge >= 0.3 is 5.97 Å². The Balaban J connectivity index is 2.22. The normalized spacial score (nSPS) is 27.2. The predicted octanol–water partition coefficient (Wildman–Crippen LogP) is 1.80. The van der Waals surface area contributed by atoms with E-state index < -0.39 is 5.97 Å². The van der Waals surface area contributed by atoms with E-state index in [1.165, 1.54) is 0 Å². The van der Waals surface area contributed by atoms with Crippen molar-refractivity contribution in [2.24, 2.45) is 5.92 Å². The molecule has 1 rings (SSSR count). The van der Waals surface area contributed by atoms with Crippen LogP contribution in [-0.2, 0) is 4.79 Å². The van der Waals surface area contributed by atoms with E-state index in [2.05, 4.69) is 11.9 Å². The topological polar surface area (TPSA) is 49.3 Å². The number of carbonyl (C=O) groups is 1. The molecular weight excluding hydrogens is 178 g/mol. The van der Waals surface area contributed by atoms with Gasteiger partial charge in [-0.25, -0.2) is 0 Å². The van der Waals surface area contributed by atoms with Gasteiger partial charge in [0, 0.05) is 12.6 Å². The van der Waals surface area contributed by atoms with E-state index >= 15 is 0 Å². The van der Waals surface area contributed by atoms with Gasteiger partial charge in [0.25, 0.3) is 0 Å². The summed E-state index contributed by atoms with van der Waals surface area (Å²) in [5.41, 5.74) is 1.13. The summed E-state index contributed by atoms with van der Waals surface area (Å²) in [6, 6.07) is 0.488. The molecule has 14 heavy (non-hydrogen) atoms. The van der Waals surface area contributed by atoms with Crippen molar-refractivity contribution in [2.75, 3.05) is 6.54 Å². The zero-order valence-corrected chi connectivity index (χ0v) is 8.75. The van der Waals surface area contributed by atoms with Gasteiger partial charge in [0.2, 0.25) is 0 Å². The molecule has 80 valence electrons. The molecule has 3 nitrogen and oxygen atoms in total. The van der Waals surface area contributed by atoms with Crippen molar-refractivity contribution in [3.63, 3.8) is 0 Å². The summed E-state index contributed by atoms with van der Waals surface area (Å²) in [6.45, 7) is 6.67. The Morgan fingerprint density at radius 3 is 2.43 bits per heavy atom. The first kappa shape index (κ1) is 11.2. The van der Waals surface area contributed by atoms with Crippen LogP contribution >= 0.6 is 0 Å². The van der Waals surface area contributed by atoms with Gasteiger partial charge in [0.05, 0.1) is 5.92 Å². The van der Waals surface area contributed by atoms with Gasteiger partial charge in [0.15, 0.2) is 0 Å². The summed E-state index contributed by atoms with van der Waals surface area (Å²) in [7, 11) is 0. The highest BCUT2D eigenvalue weighted by atomic mass is 16.4. The van der Waals surface area contributed by atoms with Crippen LogP contribution in [0.1, 0.15) is 32.6 Å². The number of hydrogen-bond donors (Lipinski definition) is 2. The lowest BCUT2D eigenvalue weighted by Crippen LogP contribution is -2.35. The highest BCUT2D eigenvalue weighted by Gasteiger charge is 2.25. The highest BCUT2D eigenvalue weighted by molar-refractivity contribution is 5.70. The SMILES string of the molecule is C=C(C)CNC1CCC(C(=O)O)CC1. The van der Waals surface area contributed by atoms with Crippen LogP contribution in [0.25, 0.3) is 0 Å².